The number of nitrogens with zero attached hydrogens (tertiary/aromatic N) is 1. The number of nitrogens with one attached hydrogen (secondary N) is 1. The minimum atomic E-state index is -0.628. The van der Waals surface area contributed by atoms with Crippen molar-refractivity contribution in [2.24, 2.45) is 5.92 Å². The van der Waals surface area contributed by atoms with Crippen molar-refractivity contribution in [2.45, 2.75) is 19.4 Å². The zero-order valence-electron chi connectivity index (χ0n) is 16.9. The third kappa shape index (κ3) is 4.85. The maximum Gasteiger partial charge on any atom is 0.226 e. The van der Waals surface area contributed by atoms with Gasteiger partial charge in [-0.05, 0) is 63.3 Å². The Balaban J connectivity index is 1.67. The Bertz CT molecular complexity index is 853. The summed E-state index contributed by atoms with van der Waals surface area (Å²) in [5.74, 6) is -0.364. The molecule has 1 heterocycles. The first-order valence-corrected chi connectivity index (χ1v) is 9.67. The minimum Gasteiger partial charge on any atom is -0.494 e. The van der Waals surface area contributed by atoms with Crippen molar-refractivity contribution in [3.63, 3.8) is 0 Å². The first-order chi connectivity index (χ1) is 13.9. The van der Waals surface area contributed by atoms with Gasteiger partial charge in [-0.25, -0.2) is 8.78 Å². The lowest BCUT2D eigenvalue weighted by Crippen LogP contribution is -2.41. The predicted octanol–water partition coefficient (Wildman–Crippen LogP) is 3.33. The zero-order valence-corrected chi connectivity index (χ0v) is 16.9. The molecular weight excluding hydrogens is 378 g/mol. The Labute approximate surface area is 169 Å². The molecule has 0 aromatic heterocycles. The Morgan fingerprint density at radius 3 is 2.66 bits per heavy atom. The molecule has 5 nitrogen and oxygen atoms in total. The summed E-state index contributed by atoms with van der Waals surface area (Å²) >= 11 is 0. The third-order valence-corrected chi connectivity index (χ3v) is 5.05. The number of amides is 1. The van der Waals surface area contributed by atoms with Crippen LogP contribution in [0.1, 0.15) is 24.1 Å². The van der Waals surface area contributed by atoms with E-state index in [-0.39, 0.29) is 30.5 Å². The first-order valence-electron chi connectivity index (χ1n) is 9.67. The van der Waals surface area contributed by atoms with Crippen molar-refractivity contribution in [1.82, 2.24) is 10.2 Å². The predicted molar refractivity (Wildman–Crippen MR) is 106 cm³/mol. The van der Waals surface area contributed by atoms with Gasteiger partial charge < -0.3 is 19.7 Å². The van der Waals surface area contributed by atoms with E-state index in [1.807, 2.05) is 25.1 Å². The standard InChI is InChI=1S/C22H26F2N2O3/c1-4-28-16-8-9-20-14(11-16)10-15(13-29-20)22(27)25-12-19(26(2)3)21-17(23)6-5-7-18(21)24/h5-9,11,15,19H,4,10,12-13H2,1-3H3,(H,25,27). The average Bonchev–Trinajstić information content (AvgIpc) is 2.69. The van der Waals surface area contributed by atoms with Gasteiger partial charge in [-0.15, -0.1) is 0 Å². The van der Waals surface area contributed by atoms with E-state index in [1.165, 1.54) is 18.2 Å². The fourth-order valence-corrected chi connectivity index (χ4v) is 3.51. The van der Waals surface area contributed by atoms with Crippen LogP contribution in [-0.4, -0.2) is 44.7 Å². The lowest BCUT2D eigenvalue weighted by atomic mass is 9.95. The summed E-state index contributed by atoms with van der Waals surface area (Å²) in [6.45, 7) is 2.81. The van der Waals surface area contributed by atoms with Crippen LogP contribution in [0.25, 0.3) is 0 Å². The van der Waals surface area contributed by atoms with Crippen LogP contribution in [0.3, 0.4) is 0 Å². The van der Waals surface area contributed by atoms with E-state index >= 15 is 0 Å². The lowest BCUT2D eigenvalue weighted by molar-refractivity contribution is -0.126. The van der Waals surface area contributed by atoms with Gasteiger partial charge in [0.2, 0.25) is 5.91 Å². The SMILES string of the molecule is CCOc1ccc2c(c1)CC(C(=O)NCC(c1c(F)cccc1F)N(C)C)CO2. The zero-order chi connectivity index (χ0) is 21.0. The monoisotopic (exact) mass is 404 g/mol. The normalized spacial score (nSPS) is 16.7. The highest BCUT2D eigenvalue weighted by atomic mass is 19.1. The first kappa shape index (κ1) is 21.0. The highest BCUT2D eigenvalue weighted by Gasteiger charge is 2.28. The summed E-state index contributed by atoms with van der Waals surface area (Å²) in [7, 11) is 3.44. The van der Waals surface area contributed by atoms with Crippen molar-refractivity contribution in [2.75, 3.05) is 33.9 Å². The van der Waals surface area contributed by atoms with Crippen LogP contribution in [0.15, 0.2) is 36.4 Å². The van der Waals surface area contributed by atoms with Gasteiger partial charge in [0.05, 0.1) is 18.6 Å². The van der Waals surface area contributed by atoms with E-state index in [0.717, 1.165) is 17.1 Å². The molecule has 2 aromatic carbocycles. The van der Waals surface area contributed by atoms with Crippen molar-refractivity contribution in [3.05, 3.63) is 59.2 Å². The number of carbonyl (C=O) groups is 1. The van der Waals surface area contributed by atoms with Gasteiger partial charge in [-0.3, -0.25) is 4.79 Å². The molecule has 29 heavy (non-hydrogen) atoms. The molecule has 0 aliphatic carbocycles. The molecule has 0 saturated carbocycles. The summed E-state index contributed by atoms with van der Waals surface area (Å²) in [6.07, 6.45) is 0.517. The van der Waals surface area contributed by atoms with E-state index < -0.39 is 17.7 Å². The fraction of sp³-hybridized carbons (Fsp3) is 0.409. The van der Waals surface area contributed by atoms with E-state index in [4.69, 9.17) is 9.47 Å². The molecular formula is C22H26F2N2O3. The van der Waals surface area contributed by atoms with Gasteiger partial charge in [-0.2, -0.15) is 0 Å². The number of carbonyl (C=O) groups excluding carboxylic acids is 1. The topological polar surface area (TPSA) is 50.8 Å². The van der Waals surface area contributed by atoms with E-state index in [2.05, 4.69) is 5.32 Å². The number of fused-ring (bicyclic) bond motifs is 1. The molecule has 0 radical (unpaired) electrons. The van der Waals surface area contributed by atoms with Crippen LogP contribution in [0.2, 0.25) is 0 Å². The second kappa shape index (κ2) is 9.22. The summed E-state index contributed by atoms with van der Waals surface area (Å²) in [4.78, 5) is 14.4. The van der Waals surface area contributed by atoms with E-state index in [0.29, 0.717) is 13.0 Å². The maximum atomic E-state index is 14.2. The number of benzene rings is 2. The highest BCUT2D eigenvalue weighted by molar-refractivity contribution is 5.79. The smallest absolute Gasteiger partial charge is 0.226 e. The molecule has 1 amide bonds. The molecule has 0 spiro atoms. The van der Waals surface area contributed by atoms with Crippen molar-refractivity contribution in [3.8, 4) is 11.5 Å². The molecule has 1 aliphatic rings. The van der Waals surface area contributed by atoms with E-state index in [1.54, 1.807) is 19.0 Å². The van der Waals surface area contributed by atoms with Gasteiger partial charge in [0, 0.05) is 12.1 Å². The van der Waals surface area contributed by atoms with Gasteiger partial charge in [0.15, 0.2) is 0 Å². The number of rotatable bonds is 7. The number of ether oxygens (including phenoxy) is 2. The molecule has 2 unspecified atom stereocenters. The quantitative estimate of drug-likeness (QED) is 0.769. The second-order valence-corrected chi connectivity index (χ2v) is 7.27. The molecule has 1 aliphatic heterocycles. The van der Waals surface area contributed by atoms with Crippen LogP contribution in [-0.2, 0) is 11.2 Å². The third-order valence-electron chi connectivity index (χ3n) is 5.05. The molecule has 0 saturated heterocycles. The van der Waals surface area contributed by atoms with Gasteiger partial charge in [-0.1, -0.05) is 6.07 Å². The van der Waals surface area contributed by atoms with Crippen LogP contribution in [0.4, 0.5) is 8.78 Å². The minimum absolute atomic E-state index is 0.0515. The molecule has 1 N–H and O–H groups in total. The molecule has 7 heteroatoms. The van der Waals surface area contributed by atoms with Crippen LogP contribution >= 0.6 is 0 Å². The molecule has 0 fully saturated rings. The Morgan fingerprint density at radius 1 is 1.28 bits per heavy atom. The summed E-state index contributed by atoms with van der Waals surface area (Å²) in [6, 6.07) is 8.71. The van der Waals surface area contributed by atoms with Crippen molar-refractivity contribution < 1.29 is 23.0 Å². The summed E-state index contributed by atoms with van der Waals surface area (Å²) < 4.78 is 39.6. The van der Waals surface area contributed by atoms with E-state index in [9.17, 15) is 13.6 Å². The molecule has 2 aromatic rings. The number of likely N-dealkylation sites (N-methyl/N-ethyl adjacent to an activating group) is 1. The molecule has 2 atom stereocenters. The largest absolute Gasteiger partial charge is 0.494 e. The van der Waals surface area contributed by atoms with Crippen molar-refractivity contribution in [1.29, 1.82) is 0 Å². The maximum absolute atomic E-state index is 14.2. The number of halogens is 2. The number of hydrogen-bond donors (Lipinski definition) is 1. The highest BCUT2D eigenvalue weighted by Crippen LogP contribution is 2.31. The molecule has 3 rings (SSSR count). The lowest BCUT2D eigenvalue weighted by Gasteiger charge is -2.28. The summed E-state index contributed by atoms with van der Waals surface area (Å²) in [5.41, 5.74) is 0.857. The fourth-order valence-electron chi connectivity index (χ4n) is 3.51. The average molecular weight is 404 g/mol. The van der Waals surface area contributed by atoms with Crippen LogP contribution in [0, 0.1) is 17.6 Å². The Kier molecular flexibility index (Phi) is 6.69. The molecule has 156 valence electrons. The summed E-state index contributed by atoms with van der Waals surface area (Å²) in [5, 5.41) is 2.83. The Morgan fingerprint density at radius 2 is 2.00 bits per heavy atom. The van der Waals surface area contributed by atoms with Gasteiger partial charge in [0.1, 0.15) is 29.7 Å². The van der Waals surface area contributed by atoms with Gasteiger partial charge >= 0.3 is 0 Å². The van der Waals surface area contributed by atoms with Crippen molar-refractivity contribution >= 4 is 5.91 Å². The second-order valence-electron chi connectivity index (χ2n) is 7.27. The van der Waals surface area contributed by atoms with Gasteiger partial charge in [0.25, 0.3) is 0 Å². The Hall–Kier alpha value is -2.67. The van der Waals surface area contributed by atoms with Crippen LogP contribution in [0.5, 0.6) is 11.5 Å². The number of hydrogen-bond acceptors (Lipinski definition) is 4. The molecule has 0 bridgehead atoms. The van der Waals surface area contributed by atoms with Crippen LogP contribution < -0.4 is 14.8 Å².